The molecule has 0 spiro atoms. The maximum absolute atomic E-state index is 13.3. The van der Waals surface area contributed by atoms with Crippen LogP contribution >= 0.6 is 0 Å². The van der Waals surface area contributed by atoms with Gasteiger partial charge in [0, 0.05) is 31.1 Å². The molecule has 5 rings (SSSR count). The van der Waals surface area contributed by atoms with Crippen LogP contribution in [0.15, 0.2) is 30.3 Å². The van der Waals surface area contributed by atoms with Crippen LogP contribution in [0.3, 0.4) is 0 Å². The molecule has 0 bridgehead atoms. The molecule has 1 saturated heterocycles. The standard InChI is InChI=1S/C24H29N5O3/c25-6-3-9-32-18-5-4-16-13-29(14-17(16)10-18)24(31)20-11-19-21(12-23(20)30)26-27-22(19)15-28-7-1-2-8-28/h4-5,10-12,30H,1-3,6-9,13-15,25H2,(H,26,27). The number of fused-ring (bicyclic) bond motifs is 2. The smallest absolute Gasteiger partial charge is 0.258 e. The minimum absolute atomic E-state index is 0.0272. The Kier molecular flexibility index (Phi) is 5.71. The van der Waals surface area contributed by atoms with Gasteiger partial charge < -0.3 is 20.5 Å². The van der Waals surface area contributed by atoms with E-state index in [2.05, 4.69) is 15.1 Å². The van der Waals surface area contributed by atoms with Crippen molar-refractivity contribution in [2.24, 2.45) is 5.73 Å². The van der Waals surface area contributed by atoms with Gasteiger partial charge in [0.2, 0.25) is 0 Å². The normalized spacial score (nSPS) is 16.1. The Hall–Kier alpha value is -3.10. The predicted molar refractivity (Wildman–Crippen MR) is 121 cm³/mol. The number of hydrogen-bond acceptors (Lipinski definition) is 6. The summed E-state index contributed by atoms with van der Waals surface area (Å²) in [5, 5.41) is 18.9. The van der Waals surface area contributed by atoms with Gasteiger partial charge in [0.1, 0.15) is 11.5 Å². The minimum atomic E-state index is -0.181. The van der Waals surface area contributed by atoms with Gasteiger partial charge in [-0.05, 0) is 68.2 Å². The molecule has 0 radical (unpaired) electrons. The zero-order valence-corrected chi connectivity index (χ0v) is 18.1. The van der Waals surface area contributed by atoms with Gasteiger partial charge in [-0.2, -0.15) is 5.10 Å². The molecule has 8 nitrogen and oxygen atoms in total. The topological polar surface area (TPSA) is 108 Å². The molecule has 2 aliphatic heterocycles. The third kappa shape index (κ3) is 4.03. The summed E-state index contributed by atoms with van der Waals surface area (Å²) in [6.45, 7) is 5.07. The zero-order chi connectivity index (χ0) is 22.1. The second kappa shape index (κ2) is 8.80. The quantitative estimate of drug-likeness (QED) is 0.493. The number of H-pyrrole nitrogens is 1. The molecule has 3 aromatic rings. The van der Waals surface area contributed by atoms with Crippen LogP contribution in [0.4, 0.5) is 0 Å². The molecule has 168 valence electrons. The molecule has 0 atom stereocenters. The third-order valence-corrected chi connectivity index (χ3v) is 6.37. The maximum Gasteiger partial charge on any atom is 0.258 e. The Morgan fingerprint density at radius 3 is 2.78 bits per heavy atom. The number of carbonyl (C=O) groups is 1. The highest BCUT2D eigenvalue weighted by atomic mass is 16.5. The Morgan fingerprint density at radius 1 is 1.16 bits per heavy atom. The summed E-state index contributed by atoms with van der Waals surface area (Å²) in [6, 6.07) is 9.32. The number of phenols is 1. The summed E-state index contributed by atoms with van der Waals surface area (Å²) < 4.78 is 5.74. The van der Waals surface area contributed by atoms with Crippen LogP contribution in [-0.4, -0.2) is 57.3 Å². The molecule has 8 heteroatoms. The summed E-state index contributed by atoms with van der Waals surface area (Å²) in [4.78, 5) is 17.5. The zero-order valence-electron chi connectivity index (χ0n) is 18.1. The number of aromatic nitrogens is 2. The molecule has 4 N–H and O–H groups in total. The third-order valence-electron chi connectivity index (χ3n) is 6.37. The van der Waals surface area contributed by atoms with E-state index in [0.29, 0.717) is 31.8 Å². The minimum Gasteiger partial charge on any atom is -0.507 e. The van der Waals surface area contributed by atoms with Crippen molar-refractivity contribution in [1.82, 2.24) is 20.0 Å². The monoisotopic (exact) mass is 435 g/mol. The largest absolute Gasteiger partial charge is 0.507 e. The molecule has 0 aliphatic carbocycles. The van der Waals surface area contributed by atoms with Crippen molar-refractivity contribution >= 4 is 16.8 Å². The average Bonchev–Trinajstić information content (AvgIpc) is 3.53. The lowest BCUT2D eigenvalue weighted by atomic mass is 10.1. The highest BCUT2D eigenvalue weighted by molar-refractivity contribution is 6.01. The van der Waals surface area contributed by atoms with Crippen molar-refractivity contribution < 1.29 is 14.6 Å². The molecule has 0 saturated carbocycles. The van der Waals surface area contributed by atoms with Crippen LogP contribution in [-0.2, 0) is 19.6 Å². The number of aromatic hydroxyl groups is 1. The Labute approximate surface area is 186 Å². The fraction of sp³-hybridized carbons (Fsp3) is 0.417. The number of amides is 1. The molecular weight excluding hydrogens is 406 g/mol. The Balaban J connectivity index is 1.35. The van der Waals surface area contributed by atoms with Gasteiger partial charge in [-0.25, -0.2) is 0 Å². The van der Waals surface area contributed by atoms with Gasteiger partial charge in [-0.3, -0.25) is 14.8 Å². The molecule has 0 unspecified atom stereocenters. The number of rotatable bonds is 7. The Bertz CT molecular complexity index is 1140. The van der Waals surface area contributed by atoms with E-state index in [1.807, 2.05) is 18.2 Å². The number of hydrogen-bond donors (Lipinski definition) is 3. The van der Waals surface area contributed by atoms with Crippen LogP contribution < -0.4 is 10.5 Å². The first-order chi connectivity index (χ1) is 15.6. The van der Waals surface area contributed by atoms with E-state index in [0.717, 1.165) is 59.5 Å². The fourth-order valence-corrected chi connectivity index (χ4v) is 4.60. The van der Waals surface area contributed by atoms with E-state index in [1.54, 1.807) is 17.0 Å². The van der Waals surface area contributed by atoms with Crippen LogP contribution in [0.5, 0.6) is 11.5 Å². The Morgan fingerprint density at radius 2 is 1.97 bits per heavy atom. The lowest BCUT2D eigenvalue weighted by Gasteiger charge is -2.17. The van der Waals surface area contributed by atoms with Crippen LogP contribution in [0.1, 0.15) is 46.4 Å². The molecule has 2 aromatic carbocycles. The SMILES string of the molecule is NCCCOc1ccc2c(c1)CN(C(=O)c1cc3c(CN4CCCC4)n[nH]c3cc1O)C2. The summed E-state index contributed by atoms with van der Waals surface area (Å²) in [7, 11) is 0. The van der Waals surface area contributed by atoms with E-state index in [4.69, 9.17) is 10.5 Å². The predicted octanol–water partition coefficient (Wildman–Crippen LogP) is 2.75. The van der Waals surface area contributed by atoms with Crippen molar-refractivity contribution in [3.05, 3.63) is 52.7 Å². The highest BCUT2D eigenvalue weighted by Gasteiger charge is 2.27. The van der Waals surface area contributed by atoms with E-state index in [1.165, 1.54) is 12.8 Å². The molecule has 2 aliphatic rings. The maximum atomic E-state index is 13.3. The number of benzene rings is 2. The summed E-state index contributed by atoms with van der Waals surface area (Å²) in [5.74, 6) is 0.584. The first-order valence-electron chi connectivity index (χ1n) is 11.3. The molecule has 1 amide bonds. The van der Waals surface area contributed by atoms with E-state index >= 15 is 0 Å². The van der Waals surface area contributed by atoms with Gasteiger partial charge in [-0.1, -0.05) is 6.07 Å². The average molecular weight is 436 g/mol. The first-order valence-corrected chi connectivity index (χ1v) is 11.3. The molecular formula is C24H29N5O3. The van der Waals surface area contributed by atoms with E-state index in [9.17, 15) is 9.90 Å². The molecule has 1 aromatic heterocycles. The number of nitrogens with zero attached hydrogens (tertiary/aromatic N) is 3. The number of nitrogens with two attached hydrogens (primary N) is 1. The van der Waals surface area contributed by atoms with Crippen molar-refractivity contribution in [3.63, 3.8) is 0 Å². The summed E-state index contributed by atoms with van der Waals surface area (Å²) >= 11 is 0. The lowest BCUT2D eigenvalue weighted by molar-refractivity contribution is 0.0748. The molecule has 1 fully saturated rings. The summed E-state index contributed by atoms with van der Waals surface area (Å²) in [5.41, 5.74) is 9.68. The number of nitrogens with one attached hydrogen (secondary N) is 1. The van der Waals surface area contributed by atoms with Gasteiger partial charge in [-0.15, -0.1) is 0 Å². The van der Waals surface area contributed by atoms with Crippen LogP contribution in [0.25, 0.3) is 10.9 Å². The number of likely N-dealkylation sites (tertiary alicyclic amines) is 1. The van der Waals surface area contributed by atoms with Crippen molar-refractivity contribution in [3.8, 4) is 11.5 Å². The van der Waals surface area contributed by atoms with Crippen molar-refractivity contribution in [2.45, 2.75) is 38.9 Å². The number of phenolic OH excluding ortho intramolecular Hbond substituents is 1. The van der Waals surface area contributed by atoms with Gasteiger partial charge in [0.15, 0.2) is 0 Å². The fourth-order valence-electron chi connectivity index (χ4n) is 4.60. The second-order valence-electron chi connectivity index (χ2n) is 8.65. The molecule has 3 heterocycles. The number of aromatic amines is 1. The van der Waals surface area contributed by atoms with Gasteiger partial charge in [0.05, 0.1) is 23.4 Å². The second-order valence-corrected chi connectivity index (χ2v) is 8.65. The summed E-state index contributed by atoms with van der Waals surface area (Å²) in [6.07, 6.45) is 3.22. The van der Waals surface area contributed by atoms with Gasteiger partial charge in [0.25, 0.3) is 5.91 Å². The van der Waals surface area contributed by atoms with Crippen molar-refractivity contribution in [2.75, 3.05) is 26.2 Å². The van der Waals surface area contributed by atoms with E-state index in [-0.39, 0.29) is 11.7 Å². The lowest BCUT2D eigenvalue weighted by Crippen LogP contribution is -2.25. The molecule has 32 heavy (non-hydrogen) atoms. The number of ether oxygens (including phenoxy) is 1. The number of carbonyl (C=O) groups excluding carboxylic acids is 1. The van der Waals surface area contributed by atoms with Crippen LogP contribution in [0.2, 0.25) is 0 Å². The van der Waals surface area contributed by atoms with Crippen LogP contribution in [0, 0.1) is 0 Å². The highest BCUT2D eigenvalue weighted by Crippen LogP contribution is 2.32. The first kappa shape index (κ1) is 20.8. The van der Waals surface area contributed by atoms with E-state index < -0.39 is 0 Å². The van der Waals surface area contributed by atoms with Gasteiger partial charge >= 0.3 is 0 Å². The van der Waals surface area contributed by atoms with Crippen molar-refractivity contribution in [1.29, 1.82) is 0 Å².